The second-order valence-electron chi connectivity index (χ2n) is 6.44. The minimum Gasteiger partial charge on any atom is -0.496 e. The van der Waals surface area contributed by atoms with Crippen molar-refractivity contribution in [3.63, 3.8) is 0 Å². The van der Waals surface area contributed by atoms with Gasteiger partial charge in [-0.1, -0.05) is 17.7 Å². The molecule has 1 unspecified atom stereocenters. The van der Waals surface area contributed by atoms with Gasteiger partial charge in [-0.3, -0.25) is 4.79 Å². The van der Waals surface area contributed by atoms with Gasteiger partial charge < -0.3 is 19.7 Å². The van der Waals surface area contributed by atoms with Gasteiger partial charge in [-0.05, 0) is 30.9 Å². The summed E-state index contributed by atoms with van der Waals surface area (Å²) in [4.78, 5) is 16.4. The zero-order valence-corrected chi connectivity index (χ0v) is 14.8. The van der Waals surface area contributed by atoms with Crippen LogP contribution >= 0.6 is 11.6 Å². The Bertz CT molecular complexity index is 720. The molecule has 2 aromatic rings. The summed E-state index contributed by atoms with van der Waals surface area (Å²) in [6, 6.07) is 5.05. The Labute approximate surface area is 151 Å². The molecule has 1 aliphatic carbocycles. The largest absolute Gasteiger partial charge is 0.496 e. The van der Waals surface area contributed by atoms with Gasteiger partial charge in [0.15, 0.2) is 0 Å². The van der Waals surface area contributed by atoms with Gasteiger partial charge in [0.05, 0.1) is 32.0 Å². The Morgan fingerprint density at radius 1 is 1.48 bits per heavy atom. The Kier molecular flexibility index (Phi) is 5.60. The quantitative estimate of drug-likeness (QED) is 0.823. The van der Waals surface area contributed by atoms with Crippen molar-refractivity contribution in [1.29, 1.82) is 0 Å². The van der Waals surface area contributed by atoms with E-state index in [4.69, 9.17) is 16.3 Å². The summed E-state index contributed by atoms with van der Waals surface area (Å²) < 4.78 is 7.27. The summed E-state index contributed by atoms with van der Waals surface area (Å²) in [5.74, 6) is 0.732. The van der Waals surface area contributed by atoms with E-state index in [2.05, 4.69) is 10.3 Å². The third-order valence-electron chi connectivity index (χ3n) is 4.63. The second-order valence-corrected chi connectivity index (χ2v) is 6.84. The van der Waals surface area contributed by atoms with Crippen LogP contribution in [0.25, 0.3) is 0 Å². The molecule has 1 aliphatic rings. The van der Waals surface area contributed by atoms with Crippen LogP contribution in [0.5, 0.6) is 5.75 Å². The zero-order chi connectivity index (χ0) is 17.8. The normalized spacial score (nSPS) is 22.8. The van der Waals surface area contributed by atoms with Crippen molar-refractivity contribution in [3.05, 3.63) is 47.5 Å². The molecule has 1 aromatic carbocycles. The third-order valence-corrected chi connectivity index (χ3v) is 4.99. The molecule has 3 rings (SSSR count). The Morgan fingerprint density at radius 3 is 3.04 bits per heavy atom. The standard InChI is InChI=1S/C18H22ClN3O3/c1-25-17-4-2-3-14(19)13(17)9-18(24)21-15-7-12(8-16(15)23)10-22-6-5-20-11-22/h2-6,11-12,15-16,23H,7-10H2,1H3,(H,21,24)/t12?,15-,16-/m1/s1. The summed E-state index contributed by atoms with van der Waals surface area (Å²) in [5, 5.41) is 13.7. The highest BCUT2D eigenvalue weighted by Crippen LogP contribution is 2.29. The number of hydrogen-bond donors (Lipinski definition) is 2. The molecular weight excluding hydrogens is 342 g/mol. The van der Waals surface area contributed by atoms with E-state index >= 15 is 0 Å². The third kappa shape index (κ3) is 4.32. The molecule has 0 bridgehead atoms. The van der Waals surface area contributed by atoms with E-state index in [1.54, 1.807) is 37.8 Å². The maximum absolute atomic E-state index is 12.4. The fraction of sp³-hybridized carbons (Fsp3) is 0.444. The molecule has 25 heavy (non-hydrogen) atoms. The molecule has 2 N–H and O–H groups in total. The number of nitrogens with one attached hydrogen (secondary N) is 1. The van der Waals surface area contributed by atoms with Crippen molar-refractivity contribution >= 4 is 17.5 Å². The van der Waals surface area contributed by atoms with Gasteiger partial charge in [-0.15, -0.1) is 0 Å². The van der Waals surface area contributed by atoms with Crippen molar-refractivity contribution in [2.75, 3.05) is 7.11 Å². The molecule has 3 atom stereocenters. The monoisotopic (exact) mass is 363 g/mol. The van der Waals surface area contributed by atoms with Gasteiger partial charge in [0.2, 0.25) is 5.91 Å². The average molecular weight is 364 g/mol. The number of hydrogen-bond acceptors (Lipinski definition) is 4. The molecule has 6 nitrogen and oxygen atoms in total. The zero-order valence-electron chi connectivity index (χ0n) is 14.1. The van der Waals surface area contributed by atoms with E-state index in [0.29, 0.717) is 28.7 Å². The number of amides is 1. The first-order valence-corrected chi connectivity index (χ1v) is 8.69. The molecular formula is C18H22ClN3O3. The van der Waals surface area contributed by atoms with Gasteiger partial charge in [0.1, 0.15) is 5.75 Å². The van der Waals surface area contributed by atoms with Gasteiger partial charge in [0.25, 0.3) is 0 Å². The Balaban J connectivity index is 1.58. The van der Waals surface area contributed by atoms with Crippen molar-refractivity contribution in [2.45, 2.75) is 38.0 Å². The van der Waals surface area contributed by atoms with E-state index in [-0.39, 0.29) is 18.4 Å². The minimum absolute atomic E-state index is 0.123. The van der Waals surface area contributed by atoms with Crippen molar-refractivity contribution in [3.8, 4) is 5.75 Å². The fourth-order valence-electron chi connectivity index (χ4n) is 3.44. The van der Waals surface area contributed by atoms with Gasteiger partial charge in [-0.25, -0.2) is 4.98 Å². The van der Waals surface area contributed by atoms with Crippen molar-refractivity contribution in [1.82, 2.24) is 14.9 Å². The number of nitrogens with zero attached hydrogens (tertiary/aromatic N) is 2. The summed E-state index contributed by atoms with van der Waals surface area (Å²) in [5.41, 5.74) is 0.659. The number of imidazole rings is 1. The average Bonchev–Trinajstić information content (AvgIpc) is 3.20. The first-order valence-electron chi connectivity index (χ1n) is 8.31. The summed E-state index contributed by atoms with van der Waals surface area (Å²) in [6.45, 7) is 0.793. The fourth-order valence-corrected chi connectivity index (χ4v) is 3.67. The number of aliphatic hydroxyl groups excluding tert-OH is 1. The molecule has 1 aromatic heterocycles. The number of methoxy groups -OCH3 is 1. The van der Waals surface area contributed by atoms with E-state index < -0.39 is 6.10 Å². The molecule has 0 spiro atoms. The number of aromatic nitrogens is 2. The van der Waals surface area contributed by atoms with Crippen LogP contribution in [0.4, 0.5) is 0 Å². The topological polar surface area (TPSA) is 76.4 Å². The second kappa shape index (κ2) is 7.89. The molecule has 1 amide bonds. The lowest BCUT2D eigenvalue weighted by atomic mass is 10.1. The minimum atomic E-state index is -0.536. The van der Waals surface area contributed by atoms with Crippen LogP contribution in [0.15, 0.2) is 36.9 Å². The summed E-state index contributed by atoms with van der Waals surface area (Å²) >= 11 is 6.18. The number of carbonyl (C=O) groups is 1. The molecule has 1 saturated carbocycles. The highest BCUT2D eigenvalue weighted by atomic mass is 35.5. The summed E-state index contributed by atoms with van der Waals surface area (Å²) in [7, 11) is 1.55. The number of benzene rings is 1. The number of halogens is 1. The molecule has 134 valence electrons. The lowest BCUT2D eigenvalue weighted by Crippen LogP contribution is -2.40. The number of aliphatic hydroxyl groups is 1. The van der Waals surface area contributed by atoms with E-state index in [0.717, 1.165) is 13.0 Å². The highest BCUT2D eigenvalue weighted by molar-refractivity contribution is 6.31. The first-order chi connectivity index (χ1) is 12.1. The molecule has 7 heteroatoms. The SMILES string of the molecule is COc1cccc(Cl)c1CC(=O)N[C@@H]1CC(Cn2ccnc2)C[C@H]1O. The van der Waals surface area contributed by atoms with Crippen LogP contribution in [0.2, 0.25) is 5.02 Å². The van der Waals surface area contributed by atoms with E-state index in [9.17, 15) is 9.90 Å². The van der Waals surface area contributed by atoms with Crippen LogP contribution < -0.4 is 10.1 Å². The highest BCUT2D eigenvalue weighted by Gasteiger charge is 2.34. The maximum Gasteiger partial charge on any atom is 0.224 e. The number of rotatable bonds is 6. The number of carbonyl (C=O) groups excluding carboxylic acids is 1. The number of ether oxygens (including phenoxy) is 1. The molecule has 0 aliphatic heterocycles. The maximum atomic E-state index is 12.4. The lowest BCUT2D eigenvalue weighted by molar-refractivity contribution is -0.121. The van der Waals surface area contributed by atoms with Crippen molar-refractivity contribution < 1.29 is 14.6 Å². The van der Waals surface area contributed by atoms with Gasteiger partial charge in [-0.2, -0.15) is 0 Å². The molecule has 0 radical (unpaired) electrons. The van der Waals surface area contributed by atoms with Crippen LogP contribution in [0, 0.1) is 5.92 Å². The first kappa shape index (κ1) is 17.8. The van der Waals surface area contributed by atoms with E-state index in [1.807, 2.05) is 10.8 Å². The van der Waals surface area contributed by atoms with Crippen molar-refractivity contribution in [2.24, 2.45) is 5.92 Å². The van der Waals surface area contributed by atoms with Crippen LogP contribution in [0.3, 0.4) is 0 Å². The Hall–Kier alpha value is -2.05. The molecule has 1 heterocycles. The van der Waals surface area contributed by atoms with E-state index in [1.165, 1.54) is 0 Å². The molecule has 1 fully saturated rings. The van der Waals surface area contributed by atoms with Gasteiger partial charge >= 0.3 is 0 Å². The van der Waals surface area contributed by atoms with Crippen LogP contribution in [-0.4, -0.2) is 39.8 Å². The van der Waals surface area contributed by atoms with Crippen LogP contribution in [-0.2, 0) is 17.8 Å². The smallest absolute Gasteiger partial charge is 0.224 e. The Morgan fingerprint density at radius 2 is 2.32 bits per heavy atom. The van der Waals surface area contributed by atoms with Crippen LogP contribution in [0.1, 0.15) is 18.4 Å². The summed E-state index contributed by atoms with van der Waals surface area (Å²) in [6.07, 6.45) is 6.40. The lowest BCUT2D eigenvalue weighted by Gasteiger charge is -2.17. The molecule has 0 saturated heterocycles. The predicted molar refractivity (Wildman–Crippen MR) is 94.6 cm³/mol. The van der Waals surface area contributed by atoms with Gasteiger partial charge in [0, 0.05) is 29.5 Å². The predicted octanol–water partition coefficient (Wildman–Crippen LogP) is 2.04.